The molecule has 0 saturated heterocycles. The Bertz CT molecular complexity index is 102. The molecule has 52 valence electrons. The molecule has 0 aromatic rings. The minimum Gasteiger partial charge on any atom is -0.444 e. The minimum absolute atomic E-state index is 0.0463. The monoisotopic (exact) mass is 128 g/mol. The molecule has 0 radical (unpaired) electrons. The Labute approximate surface area is 55.8 Å². The van der Waals surface area contributed by atoms with Crippen LogP contribution >= 0.6 is 0 Å². The van der Waals surface area contributed by atoms with Gasteiger partial charge in [0, 0.05) is 6.42 Å². The lowest BCUT2D eigenvalue weighted by Gasteiger charge is -2.09. The topological polar surface area (TPSA) is 29.5 Å². The highest BCUT2D eigenvalue weighted by Gasteiger charge is 2.04. The number of aliphatic hydroxyl groups excluding tert-OH is 1. The predicted molar refractivity (Wildman–Crippen MR) is 35.7 cm³/mol. The smallest absolute Gasteiger partial charge is 0.110 e. The predicted octanol–water partition coefficient (Wildman–Crippen LogP) is 0.753. The Morgan fingerprint density at radius 1 is 1.67 bits per heavy atom. The molecule has 0 rings (SSSR count). The van der Waals surface area contributed by atoms with Gasteiger partial charge in [-0.05, 0) is 13.8 Å². The molecular formula is C7H12O2. The third-order valence-corrected chi connectivity index (χ3v) is 0.942. The normalized spacial score (nSPS) is 15.8. The second kappa shape index (κ2) is 4.22. The molecule has 0 amide bonds. The fourth-order valence-corrected chi connectivity index (χ4v) is 0.645. The molecule has 2 heteroatoms. The van der Waals surface area contributed by atoms with Gasteiger partial charge in [0.1, 0.15) is 12.2 Å². The summed E-state index contributed by atoms with van der Waals surface area (Å²) in [6.07, 6.45) is 7.11. The summed E-state index contributed by atoms with van der Waals surface area (Å²) in [6.45, 7) is 3.53. The summed E-state index contributed by atoms with van der Waals surface area (Å²) < 4.78 is 4.72. The van der Waals surface area contributed by atoms with Crippen molar-refractivity contribution in [3.8, 4) is 12.5 Å². The molecule has 2 unspecified atom stereocenters. The molecule has 0 aliphatic carbocycles. The minimum atomic E-state index is -0.339. The number of terminal acetylenes is 1. The van der Waals surface area contributed by atoms with E-state index in [-0.39, 0.29) is 12.2 Å². The zero-order chi connectivity index (χ0) is 7.28. The van der Waals surface area contributed by atoms with Crippen LogP contribution in [-0.2, 0) is 4.74 Å². The van der Waals surface area contributed by atoms with E-state index in [0.29, 0.717) is 6.42 Å². The van der Waals surface area contributed by atoms with Gasteiger partial charge in [0.15, 0.2) is 0 Å². The van der Waals surface area contributed by atoms with E-state index in [1.54, 1.807) is 6.92 Å². The average molecular weight is 128 g/mol. The van der Waals surface area contributed by atoms with Crippen molar-refractivity contribution < 1.29 is 9.84 Å². The quantitative estimate of drug-likeness (QED) is 0.568. The molecule has 0 heterocycles. The fourth-order valence-electron chi connectivity index (χ4n) is 0.645. The number of hydrogen-bond donors (Lipinski definition) is 1. The van der Waals surface area contributed by atoms with Crippen molar-refractivity contribution in [1.29, 1.82) is 0 Å². The van der Waals surface area contributed by atoms with E-state index in [1.165, 1.54) is 0 Å². The van der Waals surface area contributed by atoms with Crippen LogP contribution in [0.3, 0.4) is 0 Å². The first-order chi connectivity index (χ1) is 4.16. The zero-order valence-electron chi connectivity index (χ0n) is 5.79. The first-order valence-electron chi connectivity index (χ1n) is 2.96. The highest BCUT2D eigenvalue weighted by atomic mass is 16.5. The number of aliphatic hydroxyl groups is 1. The lowest BCUT2D eigenvalue weighted by Crippen LogP contribution is -2.12. The van der Waals surface area contributed by atoms with E-state index in [2.05, 4.69) is 6.11 Å². The SMILES string of the molecule is C#COC(C)CC(C)O. The van der Waals surface area contributed by atoms with E-state index < -0.39 is 0 Å². The summed E-state index contributed by atoms with van der Waals surface area (Å²) in [5.74, 6) is 0. The van der Waals surface area contributed by atoms with Gasteiger partial charge in [-0.2, -0.15) is 0 Å². The zero-order valence-corrected chi connectivity index (χ0v) is 5.79. The Morgan fingerprint density at radius 2 is 2.22 bits per heavy atom. The number of rotatable bonds is 3. The van der Waals surface area contributed by atoms with Gasteiger partial charge in [0.25, 0.3) is 0 Å². The molecule has 0 fully saturated rings. The van der Waals surface area contributed by atoms with E-state index in [0.717, 1.165) is 0 Å². The molecule has 9 heavy (non-hydrogen) atoms. The molecule has 0 aliphatic heterocycles. The van der Waals surface area contributed by atoms with Gasteiger partial charge in [-0.3, -0.25) is 0 Å². The van der Waals surface area contributed by atoms with Crippen LogP contribution in [0.5, 0.6) is 0 Å². The Kier molecular flexibility index (Phi) is 3.90. The number of hydrogen-bond acceptors (Lipinski definition) is 2. The standard InChI is InChI=1S/C7H12O2/c1-4-9-7(3)5-6(2)8/h1,6-8H,5H2,2-3H3. The first-order valence-corrected chi connectivity index (χ1v) is 2.96. The summed E-state index contributed by atoms with van der Waals surface area (Å²) >= 11 is 0. The van der Waals surface area contributed by atoms with Crippen LogP contribution in [0.4, 0.5) is 0 Å². The van der Waals surface area contributed by atoms with Gasteiger partial charge in [-0.1, -0.05) is 6.42 Å². The van der Waals surface area contributed by atoms with Gasteiger partial charge < -0.3 is 9.84 Å². The lowest BCUT2D eigenvalue weighted by molar-refractivity contribution is 0.0990. The van der Waals surface area contributed by atoms with Crippen LogP contribution in [0.25, 0.3) is 0 Å². The Hall–Kier alpha value is -0.680. The molecule has 2 atom stereocenters. The molecular weight excluding hydrogens is 116 g/mol. The molecule has 0 saturated carbocycles. The van der Waals surface area contributed by atoms with Gasteiger partial charge in [-0.25, -0.2) is 0 Å². The van der Waals surface area contributed by atoms with Crippen molar-refractivity contribution >= 4 is 0 Å². The van der Waals surface area contributed by atoms with Crippen LogP contribution in [0, 0.1) is 12.5 Å². The van der Waals surface area contributed by atoms with Crippen LogP contribution in [-0.4, -0.2) is 17.3 Å². The number of ether oxygens (including phenoxy) is 1. The van der Waals surface area contributed by atoms with Gasteiger partial charge >= 0.3 is 0 Å². The summed E-state index contributed by atoms with van der Waals surface area (Å²) in [7, 11) is 0. The summed E-state index contributed by atoms with van der Waals surface area (Å²) in [5, 5.41) is 8.80. The van der Waals surface area contributed by atoms with Crippen molar-refractivity contribution in [3.63, 3.8) is 0 Å². The van der Waals surface area contributed by atoms with Crippen LogP contribution in [0.1, 0.15) is 20.3 Å². The molecule has 0 aromatic heterocycles. The molecule has 1 N–H and O–H groups in total. The van der Waals surface area contributed by atoms with Gasteiger partial charge in [0.2, 0.25) is 0 Å². The maximum Gasteiger partial charge on any atom is 0.110 e. The maximum atomic E-state index is 8.80. The van der Waals surface area contributed by atoms with Crippen LogP contribution in [0.2, 0.25) is 0 Å². The second-order valence-electron chi connectivity index (χ2n) is 2.13. The summed E-state index contributed by atoms with van der Waals surface area (Å²) in [4.78, 5) is 0. The third kappa shape index (κ3) is 5.19. The molecule has 0 aromatic carbocycles. The fraction of sp³-hybridized carbons (Fsp3) is 0.714. The van der Waals surface area contributed by atoms with E-state index in [4.69, 9.17) is 16.3 Å². The highest BCUT2D eigenvalue weighted by Crippen LogP contribution is 1.99. The Balaban J connectivity index is 3.29. The molecule has 0 bridgehead atoms. The van der Waals surface area contributed by atoms with E-state index >= 15 is 0 Å². The van der Waals surface area contributed by atoms with Crippen molar-refractivity contribution in [3.05, 3.63) is 0 Å². The average Bonchev–Trinajstić information content (AvgIpc) is 1.63. The van der Waals surface area contributed by atoms with Crippen LogP contribution < -0.4 is 0 Å². The molecule has 0 spiro atoms. The third-order valence-electron chi connectivity index (χ3n) is 0.942. The van der Waals surface area contributed by atoms with E-state index in [1.807, 2.05) is 6.92 Å². The highest BCUT2D eigenvalue weighted by molar-refractivity contribution is 4.71. The second-order valence-corrected chi connectivity index (χ2v) is 2.13. The van der Waals surface area contributed by atoms with Crippen LogP contribution in [0.15, 0.2) is 0 Å². The lowest BCUT2D eigenvalue weighted by atomic mass is 10.2. The molecule has 0 aliphatic rings. The Morgan fingerprint density at radius 3 is 2.56 bits per heavy atom. The van der Waals surface area contributed by atoms with E-state index in [9.17, 15) is 0 Å². The maximum absolute atomic E-state index is 8.80. The van der Waals surface area contributed by atoms with Gasteiger partial charge in [-0.15, -0.1) is 0 Å². The van der Waals surface area contributed by atoms with Gasteiger partial charge in [0.05, 0.1) is 6.10 Å². The summed E-state index contributed by atoms with van der Waals surface area (Å²) in [6, 6.07) is 0. The first kappa shape index (κ1) is 8.32. The molecule has 2 nitrogen and oxygen atoms in total. The van der Waals surface area contributed by atoms with Crippen molar-refractivity contribution in [2.45, 2.75) is 32.5 Å². The summed E-state index contributed by atoms with van der Waals surface area (Å²) in [5.41, 5.74) is 0. The van der Waals surface area contributed by atoms with Crippen molar-refractivity contribution in [2.24, 2.45) is 0 Å². The largest absolute Gasteiger partial charge is 0.444 e. The van der Waals surface area contributed by atoms with Crippen molar-refractivity contribution in [1.82, 2.24) is 0 Å². The van der Waals surface area contributed by atoms with Crippen molar-refractivity contribution in [2.75, 3.05) is 0 Å².